The van der Waals surface area contributed by atoms with Gasteiger partial charge in [0, 0.05) is 12.8 Å². The SMILES string of the molecule is CO[B]NC(Cc1ccc(N)cc1)C(=O)O. The van der Waals surface area contributed by atoms with Crippen LogP contribution in [0.2, 0.25) is 0 Å². The van der Waals surface area contributed by atoms with E-state index < -0.39 is 12.0 Å². The van der Waals surface area contributed by atoms with Crippen molar-refractivity contribution in [2.45, 2.75) is 12.5 Å². The summed E-state index contributed by atoms with van der Waals surface area (Å²) >= 11 is 0. The zero-order chi connectivity index (χ0) is 12.0. The second-order valence-electron chi connectivity index (χ2n) is 3.36. The standard InChI is InChI=1S/C10H14BN2O3/c1-16-11-13-9(10(14)15)6-7-2-4-8(12)5-3-7/h2-5,9,13H,6,12H2,1H3,(H,14,15). The van der Waals surface area contributed by atoms with Crippen molar-refractivity contribution in [3.05, 3.63) is 29.8 Å². The number of nitrogens with one attached hydrogen (secondary N) is 1. The minimum Gasteiger partial charge on any atom is -0.480 e. The summed E-state index contributed by atoms with van der Waals surface area (Å²) in [5.41, 5.74) is 7.10. The van der Waals surface area contributed by atoms with Gasteiger partial charge in [-0.2, -0.15) is 0 Å². The molecule has 4 N–H and O–H groups in total. The average Bonchev–Trinajstić information content (AvgIpc) is 2.26. The molecule has 1 aromatic rings. The minimum absolute atomic E-state index is 0.371. The van der Waals surface area contributed by atoms with Crippen molar-refractivity contribution in [3.8, 4) is 0 Å². The Bertz CT molecular complexity index is 342. The average molecular weight is 221 g/mol. The zero-order valence-corrected chi connectivity index (χ0v) is 9.01. The third kappa shape index (κ3) is 3.92. The topological polar surface area (TPSA) is 84.6 Å². The Hall–Kier alpha value is -1.53. The van der Waals surface area contributed by atoms with E-state index in [1.807, 2.05) is 0 Å². The third-order valence-electron chi connectivity index (χ3n) is 2.10. The highest BCUT2D eigenvalue weighted by Crippen LogP contribution is 2.08. The molecule has 85 valence electrons. The first kappa shape index (κ1) is 12.5. The quantitative estimate of drug-likeness (QED) is 0.466. The van der Waals surface area contributed by atoms with Gasteiger partial charge >= 0.3 is 13.6 Å². The van der Waals surface area contributed by atoms with Crippen molar-refractivity contribution < 1.29 is 14.6 Å². The van der Waals surface area contributed by atoms with Gasteiger partial charge in [0.05, 0.1) is 0 Å². The molecule has 1 rings (SSSR count). The summed E-state index contributed by atoms with van der Waals surface area (Å²) in [7, 11) is 2.71. The molecule has 0 amide bonds. The fraction of sp³-hybridized carbons (Fsp3) is 0.300. The summed E-state index contributed by atoms with van der Waals surface area (Å²) < 4.78 is 4.66. The Morgan fingerprint density at radius 3 is 2.69 bits per heavy atom. The molecular weight excluding hydrogens is 207 g/mol. The summed E-state index contributed by atoms with van der Waals surface area (Å²) in [4.78, 5) is 10.9. The van der Waals surface area contributed by atoms with E-state index in [-0.39, 0.29) is 0 Å². The van der Waals surface area contributed by atoms with Crippen molar-refractivity contribution in [2.24, 2.45) is 0 Å². The highest BCUT2D eigenvalue weighted by Gasteiger charge is 2.17. The zero-order valence-electron chi connectivity index (χ0n) is 9.01. The third-order valence-corrected chi connectivity index (χ3v) is 2.10. The first-order valence-corrected chi connectivity index (χ1v) is 4.81. The second-order valence-corrected chi connectivity index (χ2v) is 3.36. The van der Waals surface area contributed by atoms with E-state index in [0.29, 0.717) is 12.1 Å². The molecule has 0 saturated carbocycles. The maximum Gasteiger partial charge on any atom is 0.396 e. The second kappa shape index (κ2) is 6.14. The van der Waals surface area contributed by atoms with Crippen LogP contribution >= 0.6 is 0 Å². The van der Waals surface area contributed by atoms with E-state index in [9.17, 15) is 4.79 Å². The van der Waals surface area contributed by atoms with Crippen molar-refractivity contribution in [1.29, 1.82) is 0 Å². The molecule has 1 radical (unpaired) electrons. The van der Waals surface area contributed by atoms with Crippen LogP contribution in [0.1, 0.15) is 5.56 Å². The fourth-order valence-corrected chi connectivity index (χ4v) is 1.26. The van der Waals surface area contributed by atoms with Gasteiger partial charge in [0.15, 0.2) is 0 Å². The molecule has 0 aliphatic heterocycles. The number of benzene rings is 1. The molecule has 0 aromatic heterocycles. The van der Waals surface area contributed by atoms with Gasteiger partial charge in [-0.1, -0.05) is 12.1 Å². The summed E-state index contributed by atoms with van der Waals surface area (Å²) in [6, 6.07) is 6.39. The maximum atomic E-state index is 10.9. The smallest absolute Gasteiger partial charge is 0.396 e. The van der Waals surface area contributed by atoms with Crippen LogP contribution in [0.3, 0.4) is 0 Å². The van der Waals surface area contributed by atoms with Crippen LogP contribution in [-0.2, 0) is 15.9 Å². The van der Waals surface area contributed by atoms with E-state index in [2.05, 4.69) is 9.88 Å². The first-order valence-electron chi connectivity index (χ1n) is 4.81. The Kier molecular flexibility index (Phi) is 4.82. The van der Waals surface area contributed by atoms with Crippen molar-refractivity contribution >= 4 is 19.3 Å². The highest BCUT2D eigenvalue weighted by atomic mass is 16.4. The molecule has 6 heteroatoms. The molecule has 1 aromatic carbocycles. The predicted molar refractivity (Wildman–Crippen MR) is 61.9 cm³/mol. The van der Waals surface area contributed by atoms with Crippen LogP contribution in [0.15, 0.2) is 24.3 Å². The van der Waals surface area contributed by atoms with E-state index in [1.165, 1.54) is 14.7 Å². The first-order chi connectivity index (χ1) is 7.63. The number of nitrogen functional groups attached to an aromatic ring is 1. The summed E-state index contributed by atoms with van der Waals surface area (Å²) in [5.74, 6) is -0.926. The number of carboxylic acids is 1. The monoisotopic (exact) mass is 221 g/mol. The number of hydrogen-bond donors (Lipinski definition) is 3. The molecule has 0 aliphatic carbocycles. The van der Waals surface area contributed by atoms with Crippen LogP contribution in [-0.4, -0.2) is 31.8 Å². The lowest BCUT2D eigenvalue weighted by molar-refractivity contribution is -0.139. The van der Waals surface area contributed by atoms with E-state index in [4.69, 9.17) is 10.8 Å². The number of anilines is 1. The van der Waals surface area contributed by atoms with E-state index in [0.717, 1.165) is 5.56 Å². The predicted octanol–water partition coefficient (Wildman–Crippen LogP) is 0.0347. The van der Waals surface area contributed by atoms with Gasteiger partial charge in [-0.25, -0.2) is 0 Å². The number of hydrogen-bond acceptors (Lipinski definition) is 4. The lowest BCUT2D eigenvalue weighted by atomic mass is 10.0. The summed E-state index contributed by atoms with van der Waals surface area (Å²) in [5, 5.41) is 11.6. The van der Waals surface area contributed by atoms with Crippen LogP contribution < -0.4 is 11.0 Å². The van der Waals surface area contributed by atoms with Gasteiger partial charge in [0.1, 0.15) is 6.04 Å². The Labute approximate surface area is 94.9 Å². The normalized spacial score (nSPS) is 12.1. The number of carboxylic acid groups (broad SMARTS) is 1. The maximum absolute atomic E-state index is 10.9. The van der Waals surface area contributed by atoms with Crippen molar-refractivity contribution in [3.63, 3.8) is 0 Å². The van der Waals surface area contributed by atoms with Crippen LogP contribution in [0, 0.1) is 0 Å². The van der Waals surface area contributed by atoms with Crippen molar-refractivity contribution in [2.75, 3.05) is 12.8 Å². The number of rotatable bonds is 6. The van der Waals surface area contributed by atoms with Crippen LogP contribution in [0.4, 0.5) is 5.69 Å². The largest absolute Gasteiger partial charge is 0.480 e. The Morgan fingerprint density at radius 1 is 1.56 bits per heavy atom. The van der Waals surface area contributed by atoms with E-state index in [1.54, 1.807) is 24.3 Å². The molecule has 0 bridgehead atoms. The number of nitrogens with two attached hydrogens (primary N) is 1. The van der Waals surface area contributed by atoms with Gasteiger partial charge in [-0.15, -0.1) is 0 Å². The van der Waals surface area contributed by atoms with Gasteiger partial charge in [-0.3, -0.25) is 4.79 Å². The highest BCUT2D eigenvalue weighted by molar-refractivity contribution is 6.24. The van der Waals surface area contributed by atoms with Crippen LogP contribution in [0.5, 0.6) is 0 Å². The van der Waals surface area contributed by atoms with Gasteiger partial charge < -0.3 is 20.7 Å². The molecule has 0 heterocycles. The van der Waals surface area contributed by atoms with Gasteiger partial charge in [0.25, 0.3) is 0 Å². The molecule has 1 unspecified atom stereocenters. The molecule has 0 saturated heterocycles. The molecule has 16 heavy (non-hydrogen) atoms. The Morgan fingerprint density at radius 2 is 2.19 bits per heavy atom. The van der Waals surface area contributed by atoms with E-state index >= 15 is 0 Å². The van der Waals surface area contributed by atoms with Crippen LogP contribution in [0.25, 0.3) is 0 Å². The molecule has 0 fully saturated rings. The van der Waals surface area contributed by atoms with Gasteiger partial charge in [-0.05, 0) is 24.1 Å². The molecule has 0 aliphatic rings. The van der Waals surface area contributed by atoms with Crippen molar-refractivity contribution in [1.82, 2.24) is 5.23 Å². The number of aliphatic carboxylic acids is 1. The molecule has 0 spiro atoms. The minimum atomic E-state index is -0.926. The summed E-state index contributed by atoms with van der Waals surface area (Å²) in [6.45, 7) is 0. The lowest BCUT2D eigenvalue weighted by Gasteiger charge is -2.12. The lowest BCUT2D eigenvalue weighted by Crippen LogP contribution is -2.41. The Balaban J connectivity index is 2.60. The number of carbonyl (C=O) groups is 1. The molecular formula is C10H14BN2O3. The molecule has 1 atom stereocenters. The fourth-order valence-electron chi connectivity index (χ4n) is 1.26. The summed E-state index contributed by atoms with van der Waals surface area (Å²) in [6.07, 6.45) is 0.371. The molecule has 5 nitrogen and oxygen atoms in total. The van der Waals surface area contributed by atoms with Gasteiger partial charge in [0.2, 0.25) is 0 Å².